The van der Waals surface area contributed by atoms with Crippen molar-refractivity contribution in [3.63, 3.8) is 0 Å². The second-order valence-electron chi connectivity index (χ2n) is 4.77. The molecule has 0 saturated carbocycles. The summed E-state index contributed by atoms with van der Waals surface area (Å²) in [6.45, 7) is 5.33. The van der Waals surface area contributed by atoms with Crippen LogP contribution >= 0.6 is 11.6 Å². The Hall–Kier alpha value is -1.29. The van der Waals surface area contributed by atoms with Crippen LogP contribution in [0.5, 0.6) is 0 Å². The topological polar surface area (TPSA) is 36.4 Å². The van der Waals surface area contributed by atoms with E-state index >= 15 is 0 Å². The number of aromatic nitrogens is 1. The third-order valence-corrected chi connectivity index (χ3v) is 3.42. The van der Waals surface area contributed by atoms with Crippen molar-refractivity contribution >= 4 is 23.3 Å². The molecule has 1 fully saturated rings. The first kappa shape index (κ1) is 12.2. The highest BCUT2D eigenvalue weighted by atomic mass is 35.5. The maximum absolute atomic E-state index is 12.1. The minimum Gasteiger partial charge on any atom is -0.342 e. The van der Waals surface area contributed by atoms with Crippen molar-refractivity contribution < 1.29 is 4.79 Å². The van der Waals surface area contributed by atoms with Crippen LogP contribution in [0.1, 0.15) is 13.8 Å². The SMILES string of the molecule is CN1CCN(c2ccc(Cl)cn2)C(C)(C)C1=O. The van der Waals surface area contributed by atoms with Gasteiger partial charge in [0, 0.05) is 26.3 Å². The molecular formula is C12H16ClN3O. The molecule has 0 atom stereocenters. The molecule has 0 aromatic carbocycles. The Morgan fingerprint density at radius 3 is 2.65 bits per heavy atom. The van der Waals surface area contributed by atoms with E-state index in [9.17, 15) is 4.79 Å². The molecule has 1 amide bonds. The van der Waals surface area contributed by atoms with Crippen LogP contribution in [0.25, 0.3) is 0 Å². The highest BCUT2D eigenvalue weighted by Gasteiger charge is 2.40. The number of amides is 1. The molecule has 1 aromatic rings. The van der Waals surface area contributed by atoms with E-state index in [0.717, 1.165) is 12.4 Å². The molecule has 1 aliphatic rings. The number of carbonyl (C=O) groups excluding carboxylic acids is 1. The number of carbonyl (C=O) groups is 1. The summed E-state index contributed by atoms with van der Waals surface area (Å²) >= 11 is 5.82. The summed E-state index contributed by atoms with van der Waals surface area (Å²) in [5.74, 6) is 0.904. The summed E-state index contributed by atoms with van der Waals surface area (Å²) in [7, 11) is 1.83. The lowest BCUT2D eigenvalue weighted by Gasteiger charge is -2.45. The summed E-state index contributed by atoms with van der Waals surface area (Å²) in [4.78, 5) is 20.2. The molecule has 1 aromatic heterocycles. The Balaban J connectivity index is 2.32. The predicted octanol–water partition coefficient (Wildman–Crippen LogP) is 1.79. The van der Waals surface area contributed by atoms with Gasteiger partial charge in [0.25, 0.3) is 0 Å². The summed E-state index contributed by atoms with van der Waals surface area (Å²) in [6.07, 6.45) is 1.61. The second-order valence-corrected chi connectivity index (χ2v) is 5.21. The number of nitrogens with zero attached hydrogens (tertiary/aromatic N) is 3. The van der Waals surface area contributed by atoms with Crippen molar-refractivity contribution in [2.45, 2.75) is 19.4 Å². The van der Waals surface area contributed by atoms with Gasteiger partial charge in [0.15, 0.2) is 0 Å². The van der Waals surface area contributed by atoms with Crippen molar-refractivity contribution in [1.82, 2.24) is 9.88 Å². The molecule has 5 heteroatoms. The number of piperazine rings is 1. The van der Waals surface area contributed by atoms with Crippen LogP contribution in [0.3, 0.4) is 0 Å². The Labute approximate surface area is 106 Å². The Kier molecular flexibility index (Phi) is 3.00. The standard InChI is InChI=1S/C12H16ClN3O/c1-12(2)11(17)15(3)6-7-16(12)10-5-4-9(13)8-14-10/h4-5,8H,6-7H2,1-3H3. The molecular weight excluding hydrogens is 238 g/mol. The van der Waals surface area contributed by atoms with Crippen molar-refractivity contribution in [2.75, 3.05) is 25.0 Å². The van der Waals surface area contributed by atoms with E-state index in [-0.39, 0.29) is 5.91 Å². The number of anilines is 1. The van der Waals surface area contributed by atoms with Gasteiger partial charge in [-0.2, -0.15) is 0 Å². The molecule has 0 unspecified atom stereocenters. The second kappa shape index (κ2) is 4.18. The molecule has 0 N–H and O–H groups in total. The molecule has 1 aliphatic heterocycles. The summed E-state index contributed by atoms with van der Waals surface area (Å²) < 4.78 is 0. The van der Waals surface area contributed by atoms with Crippen molar-refractivity contribution in [1.29, 1.82) is 0 Å². The van der Waals surface area contributed by atoms with Gasteiger partial charge >= 0.3 is 0 Å². The van der Waals surface area contributed by atoms with E-state index in [4.69, 9.17) is 11.6 Å². The fourth-order valence-corrected chi connectivity index (χ4v) is 2.25. The number of halogens is 1. The number of pyridine rings is 1. The Morgan fingerprint density at radius 2 is 2.06 bits per heavy atom. The van der Waals surface area contributed by atoms with Crippen LogP contribution < -0.4 is 4.90 Å². The van der Waals surface area contributed by atoms with Crippen molar-refractivity contribution in [2.24, 2.45) is 0 Å². The van der Waals surface area contributed by atoms with Crippen LogP contribution in [0, 0.1) is 0 Å². The smallest absolute Gasteiger partial charge is 0.247 e. The van der Waals surface area contributed by atoms with Gasteiger partial charge in [-0.3, -0.25) is 4.79 Å². The van der Waals surface area contributed by atoms with Crippen LogP contribution in [0.15, 0.2) is 18.3 Å². The molecule has 17 heavy (non-hydrogen) atoms. The molecule has 0 radical (unpaired) electrons. The van der Waals surface area contributed by atoms with Gasteiger partial charge in [-0.15, -0.1) is 0 Å². The zero-order chi connectivity index (χ0) is 12.6. The summed E-state index contributed by atoms with van der Waals surface area (Å²) in [6, 6.07) is 3.64. The van der Waals surface area contributed by atoms with E-state index < -0.39 is 5.54 Å². The average Bonchev–Trinajstić information content (AvgIpc) is 2.28. The van der Waals surface area contributed by atoms with Gasteiger partial charge in [0.1, 0.15) is 11.4 Å². The van der Waals surface area contributed by atoms with Crippen molar-refractivity contribution in [3.8, 4) is 0 Å². The molecule has 4 nitrogen and oxygen atoms in total. The third kappa shape index (κ3) is 2.09. The quantitative estimate of drug-likeness (QED) is 0.766. The number of hydrogen-bond acceptors (Lipinski definition) is 3. The van der Waals surface area contributed by atoms with Gasteiger partial charge in [0.05, 0.1) is 5.02 Å². The third-order valence-electron chi connectivity index (χ3n) is 3.19. The molecule has 92 valence electrons. The zero-order valence-electron chi connectivity index (χ0n) is 10.3. The van der Waals surface area contributed by atoms with Gasteiger partial charge < -0.3 is 9.80 Å². The number of rotatable bonds is 1. The average molecular weight is 254 g/mol. The Bertz CT molecular complexity index is 430. The van der Waals surface area contributed by atoms with Crippen LogP contribution in [0.2, 0.25) is 5.02 Å². The Morgan fingerprint density at radius 1 is 1.35 bits per heavy atom. The minimum absolute atomic E-state index is 0.112. The van der Waals surface area contributed by atoms with E-state index in [2.05, 4.69) is 4.98 Å². The maximum atomic E-state index is 12.1. The van der Waals surface area contributed by atoms with Gasteiger partial charge in [-0.1, -0.05) is 11.6 Å². The van der Waals surface area contributed by atoms with Crippen LogP contribution in [-0.4, -0.2) is 41.5 Å². The van der Waals surface area contributed by atoms with Crippen LogP contribution in [-0.2, 0) is 4.79 Å². The highest BCUT2D eigenvalue weighted by Crippen LogP contribution is 2.27. The zero-order valence-corrected chi connectivity index (χ0v) is 11.0. The van der Waals surface area contributed by atoms with E-state index in [1.54, 1.807) is 17.2 Å². The maximum Gasteiger partial charge on any atom is 0.247 e. The monoisotopic (exact) mass is 253 g/mol. The highest BCUT2D eigenvalue weighted by molar-refractivity contribution is 6.30. The van der Waals surface area contributed by atoms with Gasteiger partial charge in [-0.25, -0.2) is 4.98 Å². The number of hydrogen-bond donors (Lipinski definition) is 0. The van der Waals surface area contributed by atoms with E-state index in [1.807, 2.05) is 31.9 Å². The number of likely N-dealkylation sites (N-methyl/N-ethyl adjacent to an activating group) is 1. The fraction of sp³-hybridized carbons (Fsp3) is 0.500. The van der Waals surface area contributed by atoms with E-state index in [0.29, 0.717) is 11.6 Å². The minimum atomic E-state index is -0.562. The first-order valence-corrected chi connectivity index (χ1v) is 5.95. The lowest BCUT2D eigenvalue weighted by atomic mass is 9.98. The van der Waals surface area contributed by atoms with E-state index in [1.165, 1.54) is 0 Å². The van der Waals surface area contributed by atoms with Gasteiger partial charge in [0.2, 0.25) is 5.91 Å². The lowest BCUT2D eigenvalue weighted by molar-refractivity contribution is -0.136. The first-order chi connectivity index (χ1) is 7.93. The fourth-order valence-electron chi connectivity index (χ4n) is 2.14. The van der Waals surface area contributed by atoms with Crippen LogP contribution in [0.4, 0.5) is 5.82 Å². The molecule has 0 bridgehead atoms. The first-order valence-electron chi connectivity index (χ1n) is 5.57. The summed E-state index contributed by atoms with van der Waals surface area (Å²) in [5.41, 5.74) is -0.562. The molecule has 0 spiro atoms. The molecule has 2 heterocycles. The molecule has 2 rings (SSSR count). The molecule has 0 aliphatic carbocycles. The largest absolute Gasteiger partial charge is 0.342 e. The van der Waals surface area contributed by atoms with Gasteiger partial charge in [-0.05, 0) is 26.0 Å². The predicted molar refractivity (Wildman–Crippen MR) is 68.3 cm³/mol. The summed E-state index contributed by atoms with van der Waals surface area (Å²) in [5, 5.41) is 0.604. The normalized spacial score (nSPS) is 19.6. The molecule has 1 saturated heterocycles. The lowest BCUT2D eigenvalue weighted by Crippen LogP contribution is -2.62. The van der Waals surface area contributed by atoms with Crippen molar-refractivity contribution in [3.05, 3.63) is 23.4 Å².